The van der Waals surface area contributed by atoms with Crippen molar-refractivity contribution in [3.63, 3.8) is 0 Å². The van der Waals surface area contributed by atoms with Gasteiger partial charge in [0.25, 0.3) is 0 Å². The SMILES string of the molecule is Cc1[nH]c(CCO)nc1-c1csc2ccccc12. The number of nitrogens with one attached hydrogen (secondary N) is 1. The van der Waals surface area contributed by atoms with Crippen LogP contribution >= 0.6 is 11.3 Å². The van der Waals surface area contributed by atoms with Gasteiger partial charge in [0, 0.05) is 33.1 Å². The van der Waals surface area contributed by atoms with E-state index in [4.69, 9.17) is 5.11 Å². The summed E-state index contributed by atoms with van der Waals surface area (Å²) in [6.45, 7) is 2.15. The van der Waals surface area contributed by atoms with Crippen LogP contribution in [-0.2, 0) is 6.42 Å². The number of aromatic nitrogens is 2. The molecule has 2 N–H and O–H groups in total. The first-order valence-electron chi connectivity index (χ1n) is 5.92. The van der Waals surface area contributed by atoms with Crippen molar-refractivity contribution in [2.24, 2.45) is 0 Å². The number of thiophene rings is 1. The summed E-state index contributed by atoms with van der Waals surface area (Å²) in [6, 6.07) is 8.35. The van der Waals surface area contributed by atoms with Crippen molar-refractivity contribution in [1.82, 2.24) is 9.97 Å². The van der Waals surface area contributed by atoms with Crippen LogP contribution in [0.25, 0.3) is 21.3 Å². The number of aryl methyl sites for hydroxylation is 1. The number of hydrogen-bond acceptors (Lipinski definition) is 3. The molecule has 2 aromatic heterocycles. The molecule has 0 saturated heterocycles. The third-order valence-corrected chi connectivity index (χ3v) is 3.98. The van der Waals surface area contributed by atoms with Crippen molar-refractivity contribution in [2.45, 2.75) is 13.3 Å². The Morgan fingerprint density at radius 1 is 1.33 bits per heavy atom. The molecule has 2 heterocycles. The molecule has 0 unspecified atom stereocenters. The number of aliphatic hydroxyl groups is 1. The highest BCUT2D eigenvalue weighted by molar-refractivity contribution is 7.17. The Balaban J connectivity index is 2.14. The Kier molecular flexibility index (Phi) is 2.89. The van der Waals surface area contributed by atoms with E-state index in [1.54, 1.807) is 11.3 Å². The summed E-state index contributed by atoms with van der Waals surface area (Å²) < 4.78 is 1.28. The molecule has 0 amide bonds. The van der Waals surface area contributed by atoms with Gasteiger partial charge in [0.1, 0.15) is 5.82 Å². The van der Waals surface area contributed by atoms with Crippen molar-refractivity contribution in [1.29, 1.82) is 0 Å². The summed E-state index contributed by atoms with van der Waals surface area (Å²) in [5.41, 5.74) is 3.23. The van der Waals surface area contributed by atoms with Crippen molar-refractivity contribution in [3.8, 4) is 11.3 Å². The average molecular weight is 258 g/mol. The van der Waals surface area contributed by atoms with Gasteiger partial charge >= 0.3 is 0 Å². The zero-order valence-electron chi connectivity index (χ0n) is 10.1. The number of nitrogens with zero attached hydrogens (tertiary/aromatic N) is 1. The average Bonchev–Trinajstić information content (AvgIpc) is 2.93. The normalized spacial score (nSPS) is 11.2. The number of aromatic amines is 1. The Hall–Kier alpha value is -1.65. The third kappa shape index (κ3) is 1.83. The second kappa shape index (κ2) is 4.55. The number of rotatable bonds is 3. The second-order valence-electron chi connectivity index (χ2n) is 4.28. The van der Waals surface area contributed by atoms with Crippen LogP contribution in [0.5, 0.6) is 0 Å². The van der Waals surface area contributed by atoms with E-state index in [0.29, 0.717) is 6.42 Å². The lowest BCUT2D eigenvalue weighted by atomic mass is 10.1. The van der Waals surface area contributed by atoms with Crippen LogP contribution in [0.15, 0.2) is 29.6 Å². The predicted octanol–water partition coefficient (Wildman–Crippen LogP) is 3.13. The molecule has 3 rings (SSSR count). The van der Waals surface area contributed by atoms with Gasteiger partial charge in [0.2, 0.25) is 0 Å². The molecule has 0 aliphatic heterocycles. The molecule has 0 aliphatic carbocycles. The van der Waals surface area contributed by atoms with Gasteiger partial charge in [0.05, 0.1) is 12.3 Å². The van der Waals surface area contributed by atoms with Gasteiger partial charge in [-0.3, -0.25) is 0 Å². The molecule has 92 valence electrons. The minimum atomic E-state index is 0.122. The zero-order chi connectivity index (χ0) is 12.5. The molecule has 18 heavy (non-hydrogen) atoms. The van der Waals surface area contributed by atoms with E-state index in [2.05, 4.69) is 39.6 Å². The summed E-state index contributed by atoms with van der Waals surface area (Å²) in [5.74, 6) is 0.847. The fourth-order valence-electron chi connectivity index (χ4n) is 2.17. The van der Waals surface area contributed by atoms with Crippen LogP contribution in [0.2, 0.25) is 0 Å². The van der Waals surface area contributed by atoms with Crippen LogP contribution in [0, 0.1) is 6.92 Å². The van der Waals surface area contributed by atoms with Crippen LogP contribution in [0.3, 0.4) is 0 Å². The standard InChI is InChI=1S/C14H14N2OS/c1-9-14(16-13(15-9)6-7-17)11-8-18-12-5-3-2-4-10(11)12/h2-5,8,17H,6-7H2,1H3,(H,15,16). The molecule has 0 radical (unpaired) electrons. The van der Waals surface area contributed by atoms with E-state index >= 15 is 0 Å². The predicted molar refractivity (Wildman–Crippen MR) is 74.9 cm³/mol. The van der Waals surface area contributed by atoms with Gasteiger partial charge in [0.15, 0.2) is 0 Å². The number of H-pyrrole nitrogens is 1. The van der Waals surface area contributed by atoms with Gasteiger partial charge in [-0.2, -0.15) is 0 Å². The highest BCUT2D eigenvalue weighted by atomic mass is 32.1. The summed E-state index contributed by atoms with van der Waals surface area (Å²) >= 11 is 1.74. The van der Waals surface area contributed by atoms with Gasteiger partial charge in [-0.25, -0.2) is 4.98 Å². The maximum Gasteiger partial charge on any atom is 0.109 e. The number of imidazole rings is 1. The minimum absolute atomic E-state index is 0.122. The smallest absolute Gasteiger partial charge is 0.109 e. The lowest BCUT2D eigenvalue weighted by Gasteiger charge is -1.96. The maximum atomic E-state index is 8.96. The van der Waals surface area contributed by atoms with Crippen molar-refractivity contribution < 1.29 is 5.11 Å². The van der Waals surface area contributed by atoms with E-state index in [0.717, 1.165) is 17.2 Å². The van der Waals surface area contributed by atoms with Crippen molar-refractivity contribution in [2.75, 3.05) is 6.61 Å². The van der Waals surface area contributed by atoms with Crippen LogP contribution in [0.1, 0.15) is 11.5 Å². The first-order chi connectivity index (χ1) is 8.79. The van der Waals surface area contributed by atoms with Gasteiger partial charge in [-0.15, -0.1) is 11.3 Å². The molecule has 1 aromatic carbocycles. The van der Waals surface area contributed by atoms with E-state index in [-0.39, 0.29) is 6.61 Å². The Labute approximate surface area is 109 Å². The molecule has 0 atom stereocenters. The topological polar surface area (TPSA) is 48.9 Å². The molecule has 0 aliphatic rings. The Morgan fingerprint density at radius 2 is 2.17 bits per heavy atom. The zero-order valence-corrected chi connectivity index (χ0v) is 10.9. The number of aliphatic hydroxyl groups excluding tert-OH is 1. The monoisotopic (exact) mass is 258 g/mol. The highest BCUT2D eigenvalue weighted by Crippen LogP contribution is 2.34. The van der Waals surface area contributed by atoms with Crippen LogP contribution in [0.4, 0.5) is 0 Å². The first-order valence-corrected chi connectivity index (χ1v) is 6.80. The summed E-state index contributed by atoms with van der Waals surface area (Å²) in [6.07, 6.45) is 0.572. The highest BCUT2D eigenvalue weighted by Gasteiger charge is 2.12. The molecule has 4 heteroatoms. The van der Waals surface area contributed by atoms with Crippen LogP contribution < -0.4 is 0 Å². The third-order valence-electron chi connectivity index (χ3n) is 3.02. The van der Waals surface area contributed by atoms with Crippen molar-refractivity contribution >= 4 is 21.4 Å². The lowest BCUT2D eigenvalue weighted by molar-refractivity contribution is 0.297. The molecular formula is C14H14N2OS. The van der Waals surface area contributed by atoms with Gasteiger partial charge in [-0.05, 0) is 13.0 Å². The quantitative estimate of drug-likeness (QED) is 0.758. The molecule has 3 aromatic rings. The fraction of sp³-hybridized carbons (Fsp3) is 0.214. The Bertz CT molecular complexity index is 684. The summed E-state index contributed by atoms with van der Waals surface area (Å²) in [7, 11) is 0. The van der Waals surface area contributed by atoms with Gasteiger partial charge < -0.3 is 10.1 Å². The molecular weight excluding hydrogens is 244 g/mol. The Morgan fingerprint density at radius 3 is 3.00 bits per heavy atom. The number of fused-ring (bicyclic) bond motifs is 1. The van der Waals surface area contributed by atoms with Crippen LogP contribution in [-0.4, -0.2) is 21.7 Å². The van der Waals surface area contributed by atoms with Gasteiger partial charge in [-0.1, -0.05) is 18.2 Å². The molecule has 0 spiro atoms. The summed E-state index contributed by atoms with van der Waals surface area (Å²) in [4.78, 5) is 7.82. The van der Waals surface area contributed by atoms with Crippen molar-refractivity contribution in [3.05, 3.63) is 41.2 Å². The second-order valence-corrected chi connectivity index (χ2v) is 5.19. The van der Waals surface area contributed by atoms with E-state index < -0.39 is 0 Å². The lowest BCUT2D eigenvalue weighted by Crippen LogP contribution is -1.92. The fourth-order valence-corrected chi connectivity index (χ4v) is 3.12. The first kappa shape index (κ1) is 11.4. The number of hydrogen-bond donors (Lipinski definition) is 2. The molecule has 0 fully saturated rings. The maximum absolute atomic E-state index is 8.96. The number of benzene rings is 1. The molecule has 0 saturated carbocycles. The van der Waals surface area contributed by atoms with E-state index in [1.165, 1.54) is 15.6 Å². The van der Waals surface area contributed by atoms with E-state index in [9.17, 15) is 0 Å². The minimum Gasteiger partial charge on any atom is -0.396 e. The summed E-state index contributed by atoms with van der Waals surface area (Å²) in [5, 5.41) is 12.4. The largest absolute Gasteiger partial charge is 0.396 e. The molecule has 0 bridgehead atoms. The van der Waals surface area contributed by atoms with E-state index in [1.807, 2.05) is 6.92 Å². The molecule has 3 nitrogen and oxygen atoms in total.